The Hall–Kier alpha value is -1.51. The van der Waals surface area contributed by atoms with Gasteiger partial charge < -0.3 is 9.55 Å². The first-order valence-electron chi connectivity index (χ1n) is 5.44. The third-order valence-electron chi connectivity index (χ3n) is 2.72. The van der Waals surface area contributed by atoms with Gasteiger partial charge in [-0.3, -0.25) is 0 Å². The first-order valence-corrected chi connectivity index (χ1v) is 5.85. The molecule has 0 aliphatic heterocycles. The van der Waals surface area contributed by atoms with Crippen molar-refractivity contribution in [2.24, 2.45) is 0 Å². The van der Waals surface area contributed by atoms with Crippen LogP contribution in [0.25, 0.3) is 11.0 Å². The minimum Gasteiger partial charge on any atom is -0.331 e. The molecule has 2 rings (SSSR count). The minimum absolute atomic E-state index is 0.0384. The van der Waals surface area contributed by atoms with E-state index in [2.05, 4.69) is 4.98 Å². The summed E-state index contributed by atoms with van der Waals surface area (Å²) in [5.74, 6) is 0. The molecule has 1 aromatic heterocycles. The Kier molecular flexibility index (Phi) is 3.57. The molecule has 0 atom stereocenters. The summed E-state index contributed by atoms with van der Waals surface area (Å²) in [6.07, 6.45) is -9.97. The summed E-state index contributed by atoms with van der Waals surface area (Å²) in [5, 5.41) is 0. The van der Waals surface area contributed by atoms with E-state index >= 15 is 0 Å². The number of aryl methyl sites for hydroxylation is 1. The highest BCUT2D eigenvalue weighted by atomic mass is 32.1. The molecule has 0 saturated heterocycles. The average molecular weight is 314 g/mol. The molecule has 110 valence electrons. The van der Waals surface area contributed by atoms with Gasteiger partial charge in [-0.1, -0.05) is 0 Å². The molecule has 0 fully saturated rings. The van der Waals surface area contributed by atoms with Crippen LogP contribution in [-0.4, -0.2) is 15.7 Å². The number of rotatable bonds is 2. The normalized spacial score (nSPS) is 13.1. The number of nitrogens with zero attached hydrogens (tertiary/aromatic N) is 1. The Labute approximate surface area is 114 Å². The summed E-state index contributed by atoms with van der Waals surface area (Å²) >= 11 is 4.84. The zero-order chi connectivity index (χ0) is 15.1. The maximum atomic E-state index is 12.5. The molecule has 0 bridgehead atoms. The number of hydrogen-bond acceptors (Lipinski definition) is 1. The Morgan fingerprint density at radius 1 is 1.10 bits per heavy atom. The van der Waals surface area contributed by atoms with E-state index in [1.54, 1.807) is 0 Å². The van der Waals surface area contributed by atoms with Crippen molar-refractivity contribution in [1.29, 1.82) is 0 Å². The summed E-state index contributed by atoms with van der Waals surface area (Å²) in [4.78, 5) is 2.49. The highest BCUT2D eigenvalue weighted by Crippen LogP contribution is 2.31. The quantitative estimate of drug-likeness (QED) is 0.631. The van der Waals surface area contributed by atoms with E-state index in [0.29, 0.717) is 0 Å². The van der Waals surface area contributed by atoms with Crippen molar-refractivity contribution in [3.63, 3.8) is 0 Å². The fraction of sp³-hybridized carbons (Fsp3) is 0.364. The van der Waals surface area contributed by atoms with Gasteiger partial charge in [0.05, 0.1) is 23.0 Å². The van der Waals surface area contributed by atoms with E-state index in [1.165, 1.54) is 0 Å². The molecular formula is C11H8F6N2S. The number of benzene rings is 1. The highest BCUT2D eigenvalue weighted by molar-refractivity contribution is 7.71. The monoisotopic (exact) mass is 314 g/mol. The van der Waals surface area contributed by atoms with E-state index in [1.807, 2.05) is 0 Å². The number of fused-ring (bicyclic) bond motifs is 1. The largest absolute Gasteiger partial charge is 0.416 e. The standard InChI is InChI=1S/C11H8F6N2S/c12-10(13,14)3-4-19-8-2-1-6(11(15,16)17)5-7(8)18-9(19)20/h1-2,5H,3-4H2,(H,18,20). The lowest BCUT2D eigenvalue weighted by Gasteiger charge is -2.09. The second-order valence-corrected chi connectivity index (χ2v) is 4.56. The predicted octanol–water partition coefficient (Wildman–Crippen LogP) is 4.67. The SMILES string of the molecule is FC(F)(F)CCn1c(=S)[nH]c2cc(C(F)(F)F)ccc21. The van der Waals surface area contributed by atoms with Crippen molar-refractivity contribution >= 4 is 23.3 Å². The van der Waals surface area contributed by atoms with Gasteiger partial charge in [-0.05, 0) is 30.4 Å². The number of alkyl halides is 6. The van der Waals surface area contributed by atoms with Crippen LogP contribution in [0, 0.1) is 4.77 Å². The van der Waals surface area contributed by atoms with Gasteiger partial charge in [0, 0.05) is 6.54 Å². The van der Waals surface area contributed by atoms with E-state index in [9.17, 15) is 26.3 Å². The van der Waals surface area contributed by atoms with Gasteiger partial charge in [-0.25, -0.2) is 0 Å². The molecule has 1 heterocycles. The third kappa shape index (κ3) is 3.14. The van der Waals surface area contributed by atoms with Crippen molar-refractivity contribution in [2.45, 2.75) is 25.3 Å². The lowest BCUT2D eigenvalue weighted by Crippen LogP contribution is -2.12. The third-order valence-corrected chi connectivity index (χ3v) is 3.04. The van der Waals surface area contributed by atoms with Gasteiger partial charge in [-0.15, -0.1) is 0 Å². The van der Waals surface area contributed by atoms with Crippen LogP contribution in [0.4, 0.5) is 26.3 Å². The van der Waals surface area contributed by atoms with Crippen molar-refractivity contribution < 1.29 is 26.3 Å². The Balaban J connectivity index is 2.43. The number of aromatic nitrogens is 2. The van der Waals surface area contributed by atoms with Crippen LogP contribution in [0.3, 0.4) is 0 Å². The Morgan fingerprint density at radius 2 is 1.75 bits per heavy atom. The summed E-state index contributed by atoms with van der Waals surface area (Å²) in [5.41, 5.74) is -0.608. The first-order chi connectivity index (χ1) is 9.08. The Bertz CT molecular complexity index is 679. The maximum Gasteiger partial charge on any atom is 0.416 e. The number of halogens is 6. The molecule has 0 aliphatic rings. The van der Waals surface area contributed by atoms with Gasteiger partial charge in [0.1, 0.15) is 0 Å². The molecule has 9 heteroatoms. The number of aromatic amines is 1. The zero-order valence-electron chi connectivity index (χ0n) is 9.77. The molecule has 2 nitrogen and oxygen atoms in total. The molecule has 1 N–H and O–H groups in total. The molecule has 1 aromatic carbocycles. The fourth-order valence-electron chi connectivity index (χ4n) is 1.80. The van der Waals surface area contributed by atoms with Crippen LogP contribution >= 0.6 is 12.2 Å². The molecule has 2 aromatic rings. The average Bonchev–Trinajstić information content (AvgIpc) is 2.58. The molecule has 0 unspecified atom stereocenters. The maximum absolute atomic E-state index is 12.5. The van der Waals surface area contributed by atoms with Gasteiger partial charge >= 0.3 is 12.4 Å². The minimum atomic E-state index is -4.52. The second kappa shape index (κ2) is 4.80. The highest BCUT2D eigenvalue weighted by Gasteiger charge is 2.31. The lowest BCUT2D eigenvalue weighted by atomic mass is 10.2. The molecule has 0 amide bonds. The summed E-state index contributed by atoms with van der Waals surface area (Å²) < 4.78 is 75.3. The van der Waals surface area contributed by atoms with Crippen molar-refractivity contribution in [3.05, 3.63) is 28.5 Å². The van der Waals surface area contributed by atoms with Crippen molar-refractivity contribution in [1.82, 2.24) is 9.55 Å². The molecule has 20 heavy (non-hydrogen) atoms. The molecule has 0 saturated carbocycles. The summed E-state index contributed by atoms with van der Waals surface area (Å²) in [7, 11) is 0. The van der Waals surface area contributed by atoms with E-state index in [4.69, 9.17) is 12.2 Å². The predicted molar refractivity (Wildman–Crippen MR) is 62.8 cm³/mol. The fourth-order valence-corrected chi connectivity index (χ4v) is 2.10. The number of H-pyrrole nitrogens is 1. The number of nitrogens with one attached hydrogen (secondary N) is 1. The van der Waals surface area contributed by atoms with Gasteiger partial charge in [0.15, 0.2) is 4.77 Å². The van der Waals surface area contributed by atoms with E-state index in [0.717, 1.165) is 22.8 Å². The van der Waals surface area contributed by atoms with Gasteiger partial charge in [0.25, 0.3) is 0 Å². The zero-order valence-corrected chi connectivity index (χ0v) is 10.6. The first kappa shape index (κ1) is 14.9. The molecule has 0 radical (unpaired) electrons. The molecule has 0 aliphatic carbocycles. The van der Waals surface area contributed by atoms with Crippen LogP contribution in [0.2, 0.25) is 0 Å². The second-order valence-electron chi connectivity index (χ2n) is 4.18. The van der Waals surface area contributed by atoms with Crippen LogP contribution in [0.1, 0.15) is 12.0 Å². The topological polar surface area (TPSA) is 20.7 Å². The van der Waals surface area contributed by atoms with Crippen LogP contribution < -0.4 is 0 Å². The number of imidazole rings is 1. The number of hydrogen-bond donors (Lipinski definition) is 1. The van der Waals surface area contributed by atoms with E-state index in [-0.39, 0.29) is 15.8 Å². The van der Waals surface area contributed by atoms with Crippen molar-refractivity contribution in [2.75, 3.05) is 0 Å². The summed E-state index contributed by atoms with van der Waals surface area (Å²) in [6, 6.07) is 2.76. The van der Waals surface area contributed by atoms with E-state index < -0.39 is 30.9 Å². The van der Waals surface area contributed by atoms with Crippen LogP contribution in [0.15, 0.2) is 18.2 Å². The molecular weight excluding hydrogens is 306 g/mol. The van der Waals surface area contributed by atoms with Crippen molar-refractivity contribution in [3.8, 4) is 0 Å². The molecule has 0 spiro atoms. The Morgan fingerprint density at radius 3 is 2.30 bits per heavy atom. The lowest BCUT2D eigenvalue weighted by molar-refractivity contribution is -0.137. The van der Waals surface area contributed by atoms with Crippen LogP contribution in [-0.2, 0) is 12.7 Å². The van der Waals surface area contributed by atoms with Crippen LogP contribution in [0.5, 0.6) is 0 Å². The smallest absolute Gasteiger partial charge is 0.331 e. The van der Waals surface area contributed by atoms with Gasteiger partial charge in [0.2, 0.25) is 0 Å². The summed E-state index contributed by atoms with van der Waals surface area (Å²) in [6.45, 7) is -0.437. The van der Waals surface area contributed by atoms with Gasteiger partial charge in [-0.2, -0.15) is 26.3 Å².